The molecule has 8 nitrogen and oxygen atoms in total. The van der Waals surface area contributed by atoms with E-state index in [-0.39, 0.29) is 24.7 Å². The summed E-state index contributed by atoms with van der Waals surface area (Å²) in [5, 5.41) is 6.21. The standard InChI is InChI=1S/C21H35N5O3S/c1-4-22-20(24-17-21(12-8-9-13-21)19(27)26(2)3)23-14-15-30(28,29)25-16-18-10-6-5-7-11-18/h5-7,10-11,25H,4,8-9,12-17H2,1-3H3,(H2,22,23,24). The Balaban J connectivity index is 1.90. The maximum absolute atomic E-state index is 12.7. The number of rotatable bonds is 10. The van der Waals surface area contributed by atoms with Crippen molar-refractivity contribution in [3.63, 3.8) is 0 Å². The Morgan fingerprint density at radius 2 is 1.80 bits per heavy atom. The van der Waals surface area contributed by atoms with Crippen LogP contribution < -0.4 is 15.4 Å². The van der Waals surface area contributed by atoms with Crippen LogP contribution in [0, 0.1) is 5.41 Å². The molecule has 1 aromatic carbocycles. The Morgan fingerprint density at radius 3 is 2.40 bits per heavy atom. The molecule has 1 aromatic rings. The Bertz CT molecular complexity index is 803. The van der Waals surface area contributed by atoms with E-state index in [0.717, 1.165) is 31.2 Å². The van der Waals surface area contributed by atoms with Crippen LogP contribution in [0.4, 0.5) is 0 Å². The maximum atomic E-state index is 12.7. The summed E-state index contributed by atoms with van der Waals surface area (Å²) in [6.07, 6.45) is 3.74. The number of amides is 1. The third-order valence-corrected chi connectivity index (χ3v) is 6.63. The van der Waals surface area contributed by atoms with Crippen LogP contribution in [-0.2, 0) is 21.4 Å². The van der Waals surface area contributed by atoms with Crippen molar-refractivity contribution in [2.24, 2.45) is 10.4 Å². The van der Waals surface area contributed by atoms with Crippen molar-refractivity contribution < 1.29 is 13.2 Å². The fourth-order valence-electron chi connectivity index (χ4n) is 3.70. The summed E-state index contributed by atoms with van der Waals surface area (Å²) < 4.78 is 27.1. The normalized spacial score (nSPS) is 16.3. The first-order valence-corrected chi connectivity index (χ1v) is 12.2. The van der Waals surface area contributed by atoms with Crippen LogP contribution in [0.2, 0.25) is 0 Å². The lowest BCUT2D eigenvalue weighted by Gasteiger charge is -2.29. The highest BCUT2D eigenvalue weighted by atomic mass is 32.2. The molecule has 0 aromatic heterocycles. The lowest BCUT2D eigenvalue weighted by molar-refractivity contribution is -0.138. The molecule has 0 heterocycles. The van der Waals surface area contributed by atoms with Crippen molar-refractivity contribution in [2.75, 3.05) is 39.5 Å². The molecule has 30 heavy (non-hydrogen) atoms. The SMILES string of the molecule is CCNC(=NCC1(C(=O)N(C)C)CCCC1)NCCS(=O)(=O)NCc1ccccc1. The Hall–Kier alpha value is -2.13. The molecule has 0 aliphatic heterocycles. The van der Waals surface area contributed by atoms with Gasteiger partial charge in [-0.2, -0.15) is 0 Å². The van der Waals surface area contributed by atoms with Crippen LogP contribution >= 0.6 is 0 Å². The molecule has 2 rings (SSSR count). The van der Waals surface area contributed by atoms with Gasteiger partial charge in [0.25, 0.3) is 0 Å². The van der Waals surface area contributed by atoms with E-state index >= 15 is 0 Å². The van der Waals surface area contributed by atoms with E-state index in [1.807, 2.05) is 37.3 Å². The summed E-state index contributed by atoms with van der Waals surface area (Å²) in [6.45, 7) is 3.50. The van der Waals surface area contributed by atoms with E-state index in [1.54, 1.807) is 19.0 Å². The van der Waals surface area contributed by atoms with E-state index < -0.39 is 15.4 Å². The smallest absolute Gasteiger partial charge is 0.230 e. The van der Waals surface area contributed by atoms with Gasteiger partial charge in [-0.25, -0.2) is 13.1 Å². The molecular weight excluding hydrogens is 402 g/mol. The van der Waals surface area contributed by atoms with Crippen LogP contribution in [-0.4, -0.2) is 64.7 Å². The molecular formula is C21H35N5O3S. The Labute approximate surface area is 180 Å². The monoisotopic (exact) mass is 437 g/mol. The summed E-state index contributed by atoms with van der Waals surface area (Å²) in [5.74, 6) is 0.590. The number of nitrogens with zero attached hydrogens (tertiary/aromatic N) is 2. The number of guanidine groups is 1. The molecule has 0 bridgehead atoms. The van der Waals surface area contributed by atoms with Gasteiger partial charge in [0, 0.05) is 33.7 Å². The van der Waals surface area contributed by atoms with Crippen molar-refractivity contribution in [1.82, 2.24) is 20.3 Å². The second kappa shape index (κ2) is 11.3. The molecule has 168 valence electrons. The highest BCUT2D eigenvalue weighted by Crippen LogP contribution is 2.39. The molecule has 1 saturated carbocycles. The molecule has 1 fully saturated rings. The molecule has 0 unspecified atom stereocenters. The van der Waals surface area contributed by atoms with Crippen LogP contribution in [0.1, 0.15) is 38.2 Å². The van der Waals surface area contributed by atoms with Crippen LogP contribution in [0.3, 0.4) is 0 Å². The fourth-order valence-corrected chi connectivity index (χ4v) is 4.60. The van der Waals surface area contributed by atoms with Gasteiger partial charge in [-0.3, -0.25) is 9.79 Å². The van der Waals surface area contributed by atoms with E-state index in [0.29, 0.717) is 19.0 Å². The predicted molar refractivity (Wildman–Crippen MR) is 121 cm³/mol. The van der Waals surface area contributed by atoms with Gasteiger partial charge in [0.15, 0.2) is 5.96 Å². The molecule has 0 saturated heterocycles. The first-order chi connectivity index (χ1) is 14.3. The van der Waals surface area contributed by atoms with Crippen molar-refractivity contribution in [3.8, 4) is 0 Å². The third kappa shape index (κ3) is 7.28. The number of carbonyl (C=O) groups excluding carboxylic acids is 1. The minimum Gasteiger partial charge on any atom is -0.357 e. The molecule has 1 aliphatic rings. The second-order valence-electron chi connectivity index (χ2n) is 7.93. The first kappa shape index (κ1) is 24.1. The molecule has 0 atom stereocenters. The van der Waals surface area contributed by atoms with Gasteiger partial charge in [0.1, 0.15) is 0 Å². The average molecular weight is 438 g/mol. The lowest BCUT2D eigenvalue weighted by Crippen LogP contribution is -2.44. The molecule has 9 heteroatoms. The Morgan fingerprint density at radius 1 is 1.13 bits per heavy atom. The van der Waals surface area contributed by atoms with E-state index in [1.165, 1.54) is 0 Å². The molecule has 1 amide bonds. The summed E-state index contributed by atoms with van der Waals surface area (Å²) in [4.78, 5) is 19.0. The van der Waals surface area contributed by atoms with E-state index in [9.17, 15) is 13.2 Å². The van der Waals surface area contributed by atoms with Crippen LogP contribution in [0.5, 0.6) is 0 Å². The van der Waals surface area contributed by atoms with Gasteiger partial charge < -0.3 is 15.5 Å². The number of aliphatic imine (C=N–C) groups is 1. The van der Waals surface area contributed by atoms with Crippen molar-refractivity contribution in [2.45, 2.75) is 39.2 Å². The quantitative estimate of drug-likeness (QED) is 0.378. The van der Waals surface area contributed by atoms with Gasteiger partial charge in [0.05, 0.1) is 17.7 Å². The van der Waals surface area contributed by atoms with Gasteiger partial charge >= 0.3 is 0 Å². The van der Waals surface area contributed by atoms with E-state index in [4.69, 9.17) is 0 Å². The van der Waals surface area contributed by atoms with E-state index in [2.05, 4.69) is 20.3 Å². The zero-order valence-electron chi connectivity index (χ0n) is 18.3. The number of carbonyl (C=O) groups is 1. The highest BCUT2D eigenvalue weighted by Gasteiger charge is 2.42. The topological polar surface area (TPSA) is 103 Å². The van der Waals surface area contributed by atoms with Crippen molar-refractivity contribution in [3.05, 3.63) is 35.9 Å². The van der Waals surface area contributed by atoms with Crippen molar-refractivity contribution >= 4 is 21.9 Å². The van der Waals surface area contributed by atoms with Crippen LogP contribution in [0.25, 0.3) is 0 Å². The number of nitrogens with one attached hydrogen (secondary N) is 3. The summed E-state index contributed by atoms with van der Waals surface area (Å²) in [5.41, 5.74) is 0.464. The molecule has 3 N–H and O–H groups in total. The largest absolute Gasteiger partial charge is 0.357 e. The number of hydrogen-bond acceptors (Lipinski definition) is 4. The van der Waals surface area contributed by atoms with Gasteiger partial charge in [0.2, 0.25) is 15.9 Å². The second-order valence-corrected chi connectivity index (χ2v) is 9.86. The maximum Gasteiger partial charge on any atom is 0.230 e. The highest BCUT2D eigenvalue weighted by molar-refractivity contribution is 7.89. The zero-order chi connectivity index (χ0) is 22.0. The summed E-state index contributed by atoms with van der Waals surface area (Å²) in [6, 6.07) is 9.41. The van der Waals surface area contributed by atoms with Gasteiger partial charge in [-0.15, -0.1) is 0 Å². The molecule has 1 aliphatic carbocycles. The lowest BCUT2D eigenvalue weighted by atomic mass is 9.85. The minimum atomic E-state index is -3.41. The summed E-state index contributed by atoms with van der Waals surface area (Å²) >= 11 is 0. The average Bonchev–Trinajstić information content (AvgIpc) is 3.21. The molecule has 0 radical (unpaired) electrons. The molecule has 0 spiro atoms. The number of sulfonamides is 1. The third-order valence-electron chi connectivity index (χ3n) is 5.31. The van der Waals surface area contributed by atoms with Gasteiger partial charge in [-0.05, 0) is 25.3 Å². The predicted octanol–water partition coefficient (Wildman–Crippen LogP) is 1.31. The zero-order valence-corrected chi connectivity index (χ0v) is 19.1. The fraction of sp³-hybridized carbons (Fsp3) is 0.619. The Kier molecular flexibility index (Phi) is 9.10. The number of hydrogen-bond donors (Lipinski definition) is 3. The van der Waals surface area contributed by atoms with Crippen LogP contribution in [0.15, 0.2) is 35.3 Å². The first-order valence-electron chi connectivity index (χ1n) is 10.5. The minimum absolute atomic E-state index is 0.0635. The van der Waals surface area contributed by atoms with Crippen molar-refractivity contribution in [1.29, 1.82) is 0 Å². The summed E-state index contributed by atoms with van der Waals surface area (Å²) in [7, 11) is 0.147. The van der Waals surface area contributed by atoms with Gasteiger partial charge in [-0.1, -0.05) is 43.2 Å². The number of benzene rings is 1.